The fraction of sp³-hybridized carbons (Fsp3) is 0. The number of nitrogens with one attached hydrogen (secondary N) is 2. The molecule has 7 nitrogen and oxygen atoms in total. The summed E-state index contributed by atoms with van der Waals surface area (Å²) in [5, 5.41) is 9.74. The van der Waals surface area contributed by atoms with Crippen LogP contribution in [0.5, 0.6) is 0 Å². The Morgan fingerprint density at radius 1 is 1.29 bits per heavy atom. The number of H-pyrrole nitrogens is 2. The smallest absolute Gasteiger partial charge is 0.272 e. The van der Waals surface area contributed by atoms with Crippen LogP contribution in [-0.4, -0.2) is 23.2 Å². The van der Waals surface area contributed by atoms with Crippen molar-refractivity contribution < 1.29 is 8.42 Å². The third-order valence-electron chi connectivity index (χ3n) is 2.09. The Kier molecular flexibility index (Phi) is 2.73. The summed E-state index contributed by atoms with van der Waals surface area (Å²) < 4.78 is 23.6. The predicted molar refractivity (Wildman–Crippen MR) is 62.9 cm³/mol. The molecule has 1 heterocycles. The van der Waals surface area contributed by atoms with Gasteiger partial charge in [0.1, 0.15) is 0 Å². The van der Waals surface area contributed by atoms with Crippen LogP contribution in [-0.2, 0) is 10.0 Å². The molecule has 0 aliphatic carbocycles. The van der Waals surface area contributed by atoms with E-state index in [1.165, 1.54) is 18.2 Å². The molecule has 0 fully saturated rings. The number of hydrogen-bond donors (Lipinski definition) is 3. The number of aromatic nitrogens is 3. The van der Waals surface area contributed by atoms with Gasteiger partial charge < -0.3 is 0 Å². The van der Waals surface area contributed by atoms with E-state index in [1.54, 1.807) is 6.07 Å². The van der Waals surface area contributed by atoms with Crippen molar-refractivity contribution in [3.8, 4) is 5.69 Å². The summed E-state index contributed by atoms with van der Waals surface area (Å²) in [4.78, 5) is 11.3. The van der Waals surface area contributed by atoms with E-state index in [1.807, 2.05) is 0 Å². The summed E-state index contributed by atoms with van der Waals surface area (Å²) in [7, 11) is -3.81. The summed E-state index contributed by atoms with van der Waals surface area (Å²) >= 11 is 4.89. The number of rotatable bonds is 2. The molecule has 17 heavy (non-hydrogen) atoms. The number of benzene rings is 1. The normalized spacial score (nSPS) is 11.6. The molecule has 0 amide bonds. The van der Waals surface area contributed by atoms with Gasteiger partial charge >= 0.3 is 5.69 Å². The third-order valence-corrected chi connectivity index (χ3v) is 3.28. The van der Waals surface area contributed by atoms with Gasteiger partial charge in [0.2, 0.25) is 14.8 Å². The van der Waals surface area contributed by atoms with Crippen LogP contribution in [0, 0.1) is 4.77 Å². The average Bonchev–Trinajstić information content (AvgIpc) is 2.57. The maximum Gasteiger partial charge on any atom is 0.347 e. The molecule has 0 spiro atoms. The molecule has 0 atom stereocenters. The van der Waals surface area contributed by atoms with E-state index in [2.05, 4.69) is 10.2 Å². The van der Waals surface area contributed by atoms with Crippen molar-refractivity contribution in [3.05, 3.63) is 39.5 Å². The third kappa shape index (κ3) is 2.20. The van der Waals surface area contributed by atoms with E-state index < -0.39 is 15.7 Å². The lowest BCUT2D eigenvalue weighted by atomic mass is 10.3. The van der Waals surface area contributed by atoms with Gasteiger partial charge in [-0.3, -0.25) is 5.10 Å². The Morgan fingerprint density at radius 3 is 2.53 bits per heavy atom. The Balaban J connectivity index is 2.71. The summed E-state index contributed by atoms with van der Waals surface area (Å²) in [5.74, 6) is 0. The standard InChI is InChI=1S/C8H8N4O3S2/c9-17(14,15)6-3-1-2-5(4-6)12-7(13)10-11-8(12)16/h1-4H,(H,10,13)(H,11,16)(H2,9,14,15). The SMILES string of the molecule is NS(=O)(=O)c1cccc(-n2c(=O)[nH][nH]c2=S)c1. The van der Waals surface area contributed by atoms with Crippen LogP contribution < -0.4 is 10.8 Å². The molecule has 0 bridgehead atoms. The highest BCUT2D eigenvalue weighted by molar-refractivity contribution is 7.89. The lowest BCUT2D eigenvalue weighted by Crippen LogP contribution is -2.16. The molecular formula is C8H8N4O3S2. The van der Waals surface area contributed by atoms with Crippen molar-refractivity contribution in [1.29, 1.82) is 0 Å². The van der Waals surface area contributed by atoms with Crippen molar-refractivity contribution in [2.45, 2.75) is 4.90 Å². The molecule has 0 aliphatic rings. The van der Waals surface area contributed by atoms with Gasteiger partial charge in [0.25, 0.3) is 0 Å². The topological polar surface area (TPSA) is 114 Å². The Bertz CT molecular complexity index is 741. The minimum Gasteiger partial charge on any atom is -0.272 e. The van der Waals surface area contributed by atoms with Crippen molar-refractivity contribution in [2.75, 3.05) is 0 Å². The monoisotopic (exact) mass is 272 g/mol. The van der Waals surface area contributed by atoms with E-state index >= 15 is 0 Å². The quantitative estimate of drug-likeness (QED) is 0.661. The van der Waals surface area contributed by atoms with Crippen LogP contribution in [0.1, 0.15) is 0 Å². The highest BCUT2D eigenvalue weighted by Gasteiger charge is 2.10. The van der Waals surface area contributed by atoms with Gasteiger partial charge in [0.05, 0.1) is 10.6 Å². The molecule has 4 N–H and O–H groups in total. The number of hydrogen-bond acceptors (Lipinski definition) is 4. The Labute approximate surface area is 101 Å². The largest absolute Gasteiger partial charge is 0.347 e. The van der Waals surface area contributed by atoms with Crippen molar-refractivity contribution in [1.82, 2.24) is 14.8 Å². The van der Waals surface area contributed by atoms with Gasteiger partial charge in [-0.1, -0.05) is 6.07 Å². The zero-order valence-electron chi connectivity index (χ0n) is 8.38. The highest BCUT2D eigenvalue weighted by Crippen LogP contribution is 2.12. The second-order valence-electron chi connectivity index (χ2n) is 3.24. The number of nitrogens with two attached hydrogens (primary N) is 1. The van der Waals surface area contributed by atoms with E-state index in [4.69, 9.17) is 17.4 Å². The van der Waals surface area contributed by atoms with E-state index in [9.17, 15) is 13.2 Å². The van der Waals surface area contributed by atoms with Gasteiger partial charge in [-0.2, -0.15) is 0 Å². The average molecular weight is 272 g/mol. The summed E-state index contributed by atoms with van der Waals surface area (Å²) in [6.07, 6.45) is 0. The molecule has 1 aromatic carbocycles. The first kappa shape index (κ1) is 11.8. The zero-order chi connectivity index (χ0) is 12.6. The lowest BCUT2D eigenvalue weighted by molar-refractivity contribution is 0.597. The van der Waals surface area contributed by atoms with E-state index in [0.29, 0.717) is 5.69 Å². The molecule has 1 aromatic heterocycles. The van der Waals surface area contributed by atoms with Gasteiger partial charge in [-0.15, -0.1) is 0 Å². The Hall–Kier alpha value is -1.71. The fourth-order valence-corrected chi connectivity index (χ4v) is 2.14. The van der Waals surface area contributed by atoms with Gasteiger partial charge in [0.15, 0.2) is 0 Å². The zero-order valence-corrected chi connectivity index (χ0v) is 10.0. The van der Waals surface area contributed by atoms with Crippen molar-refractivity contribution in [3.63, 3.8) is 0 Å². The number of nitrogens with zero attached hydrogens (tertiary/aromatic N) is 1. The first-order valence-corrected chi connectivity index (χ1v) is 6.38. The minimum absolute atomic E-state index is 0.0856. The van der Waals surface area contributed by atoms with Gasteiger partial charge in [-0.25, -0.2) is 28.0 Å². The second kappa shape index (κ2) is 3.95. The fourth-order valence-electron chi connectivity index (χ4n) is 1.35. The predicted octanol–water partition coefficient (Wildman–Crippen LogP) is -0.129. The molecule has 0 saturated carbocycles. The van der Waals surface area contributed by atoms with E-state index in [-0.39, 0.29) is 9.67 Å². The summed E-state index contributed by atoms with van der Waals surface area (Å²) in [6.45, 7) is 0. The highest BCUT2D eigenvalue weighted by atomic mass is 32.2. The summed E-state index contributed by atoms with van der Waals surface area (Å²) in [6, 6.07) is 5.63. The lowest BCUT2D eigenvalue weighted by Gasteiger charge is -2.02. The molecule has 2 aromatic rings. The van der Waals surface area contributed by atoms with Crippen LogP contribution >= 0.6 is 12.2 Å². The molecule has 9 heteroatoms. The van der Waals surface area contributed by atoms with Crippen LogP contribution in [0.4, 0.5) is 0 Å². The van der Waals surface area contributed by atoms with Crippen LogP contribution in [0.25, 0.3) is 5.69 Å². The van der Waals surface area contributed by atoms with Crippen LogP contribution in [0.3, 0.4) is 0 Å². The van der Waals surface area contributed by atoms with Crippen LogP contribution in [0.2, 0.25) is 0 Å². The molecular weight excluding hydrogens is 264 g/mol. The Morgan fingerprint density at radius 2 is 2.00 bits per heavy atom. The van der Waals surface area contributed by atoms with Gasteiger partial charge in [0, 0.05) is 0 Å². The molecule has 2 rings (SSSR count). The maximum atomic E-state index is 11.4. The molecule has 90 valence electrons. The molecule has 0 unspecified atom stereocenters. The number of sulfonamides is 1. The number of aromatic amines is 2. The summed E-state index contributed by atoms with van der Waals surface area (Å²) in [5.41, 5.74) is -0.161. The maximum absolute atomic E-state index is 11.4. The minimum atomic E-state index is -3.81. The second-order valence-corrected chi connectivity index (χ2v) is 5.19. The molecule has 0 saturated heterocycles. The van der Waals surface area contributed by atoms with Crippen LogP contribution in [0.15, 0.2) is 34.0 Å². The first-order chi connectivity index (χ1) is 7.89. The number of primary sulfonamides is 1. The van der Waals surface area contributed by atoms with Gasteiger partial charge in [-0.05, 0) is 30.4 Å². The van der Waals surface area contributed by atoms with Crippen molar-refractivity contribution >= 4 is 22.2 Å². The molecule has 0 aliphatic heterocycles. The molecule has 0 radical (unpaired) electrons. The van der Waals surface area contributed by atoms with Crippen molar-refractivity contribution in [2.24, 2.45) is 5.14 Å². The van der Waals surface area contributed by atoms with E-state index in [0.717, 1.165) is 4.57 Å². The first-order valence-electron chi connectivity index (χ1n) is 4.42.